The SMILES string of the molecule is COCC1(CN2CCC2CN)CCC1. The van der Waals surface area contributed by atoms with E-state index in [0.29, 0.717) is 11.5 Å². The first kappa shape index (κ1) is 10.4. The van der Waals surface area contributed by atoms with E-state index in [1.165, 1.54) is 38.8 Å². The zero-order chi connectivity index (χ0) is 10.0. The molecule has 0 radical (unpaired) electrons. The molecule has 1 unspecified atom stereocenters. The van der Waals surface area contributed by atoms with E-state index in [2.05, 4.69) is 4.90 Å². The number of nitrogens with two attached hydrogens (primary N) is 1. The van der Waals surface area contributed by atoms with Gasteiger partial charge in [-0.15, -0.1) is 0 Å². The molecule has 1 heterocycles. The molecule has 0 aromatic rings. The molecule has 0 aromatic heterocycles. The summed E-state index contributed by atoms with van der Waals surface area (Å²) in [5.74, 6) is 0. The fourth-order valence-electron chi connectivity index (χ4n) is 2.73. The Balaban J connectivity index is 1.82. The predicted molar refractivity (Wildman–Crippen MR) is 57.2 cm³/mol. The molecule has 2 rings (SSSR count). The molecule has 0 amide bonds. The Hall–Kier alpha value is -0.120. The molecule has 1 aliphatic carbocycles. The normalized spacial score (nSPS) is 30.9. The zero-order valence-corrected chi connectivity index (χ0v) is 9.17. The van der Waals surface area contributed by atoms with Crippen LogP contribution in [0, 0.1) is 5.41 Å². The van der Waals surface area contributed by atoms with E-state index in [1.54, 1.807) is 0 Å². The maximum Gasteiger partial charge on any atom is 0.0530 e. The number of ether oxygens (including phenoxy) is 1. The molecule has 2 fully saturated rings. The van der Waals surface area contributed by atoms with E-state index >= 15 is 0 Å². The van der Waals surface area contributed by atoms with E-state index in [4.69, 9.17) is 10.5 Å². The van der Waals surface area contributed by atoms with Crippen LogP contribution in [-0.2, 0) is 4.74 Å². The van der Waals surface area contributed by atoms with Gasteiger partial charge in [-0.1, -0.05) is 6.42 Å². The van der Waals surface area contributed by atoms with Gasteiger partial charge >= 0.3 is 0 Å². The van der Waals surface area contributed by atoms with Crippen molar-refractivity contribution < 1.29 is 4.74 Å². The molecule has 1 saturated carbocycles. The summed E-state index contributed by atoms with van der Waals surface area (Å²) in [5.41, 5.74) is 6.18. The predicted octanol–water partition coefficient (Wildman–Crippen LogP) is 0.836. The highest BCUT2D eigenvalue weighted by atomic mass is 16.5. The Kier molecular flexibility index (Phi) is 3.10. The third kappa shape index (κ3) is 1.81. The Morgan fingerprint density at radius 3 is 2.64 bits per heavy atom. The first-order valence-corrected chi connectivity index (χ1v) is 5.73. The number of hydrogen-bond acceptors (Lipinski definition) is 3. The van der Waals surface area contributed by atoms with Gasteiger partial charge < -0.3 is 10.5 Å². The minimum atomic E-state index is 0.475. The second-order valence-electron chi connectivity index (χ2n) is 4.94. The first-order chi connectivity index (χ1) is 6.79. The van der Waals surface area contributed by atoms with Crippen molar-refractivity contribution >= 4 is 0 Å². The van der Waals surface area contributed by atoms with Crippen LogP contribution in [0.5, 0.6) is 0 Å². The van der Waals surface area contributed by atoms with Gasteiger partial charge in [0.2, 0.25) is 0 Å². The Labute approximate surface area is 86.6 Å². The molecular weight excluding hydrogens is 176 g/mol. The second-order valence-corrected chi connectivity index (χ2v) is 4.94. The summed E-state index contributed by atoms with van der Waals surface area (Å²) < 4.78 is 5.33. The molecule has 1 saturated heterocycles. The molecule has 82 valence electrons. The van der Waals surface area contributed by atoms with E-state index in [0.717, 1.165) is 13.2 Å². The maximum atomic E-state index is 5.70. The van der Waals surface area contributed by atoms with Crippen LogP contribution in [0.1, 0.15) is 25.7 Å². The lowest BCUT2D eigenvalue weighted by molar-refractivity contribution is -0.0437. The van der Waals surface area contributed by atoms with Gasteiger partial charge in [0.05, 0.1) is 6.61 Å². The van der Waals surface area contributed by atoms with Crippen molar-refractivity contribution in [1.82, 2.24) is 4.90 Å². The fourth-order valence-corrected chi connectivity index (χ4v) is 2.73. The van der Waals surface area contributed by atoms with Gasteiger partial charge in [-0.3, -0.25) is 4.90 Å². The number of likely N-dealkylation sites (tertiary alicyclic amines) is 1. The van der Waals surface area contributed by atoms with E-state index in [1.807, 2.05) is 7.11 Å². The maximum absolute atomic E-state index is 5.70. The molecule has 0 aromatic carbocycles. The van der Waals surface area contributed by atoms with Crippen molar-refractivity contribution in [2.45, 2.75) is 31.7 Å². The number of nitrogens with zero attached hydrogens (tertiary/aromatic N) is 1. The third-order valence-corrected chi connectivity index (χ3v) is 3.94. The first-order valence-electron chi connectivity index (χ1n) is 5.73. The van der Waals surface area contributed by atoms with Crippen molar-refractivity contribution in [3.63, 3.8) is 0 Å². The Morgan fingerprint density at radius 1 is 1.50 bits per heavy atom. The van der Waals surface area contributed by atoms with Crippen LogP contribution in [0.15, 0.2) is 0 Å². The lowest BCUT2D eigenvalue weighted by Gasteiger charge is -2.50. The molecule has 14 heavy (non-hydrogen) atoms. The quantitative estimate of drug-likeness (QED) is 0.711. The van der Waals surface area contributed by atoms with Gasteiger partial charge in [0, 0.05) is 38.2 Å². The summed E-state index contributed by atoms with van der Waals surface area (Å²) in [7, 11) is 1.82. The van der Waals surface area contributed by atoms with Crippen LogP contribution in [0.4, 0.5) is 0 Å². The summed E-state index contributed by atoms with van der Waals surface area (Å²) >= 11 is 0. The number of rotatable bonds is 5. The van der Waals surface area contributed by atoms with E-state index in [9.17, 15) is 0 Å². The van der Waals surface area contributed by atoms with Crippen LogP contribution in [0.3, 0.4) is 0 Å². The lowest BCUT2D eigenvalue weighted by atomic mass is 9.68. The van der Waals surface area contributed by atoms with Crippen molar-refractivity contribution in [2.75, 3.05) is 33.4 Å². The smallest absolute Gasteiger partial charge is 0.0530 e. The highest BCUT2D eigenvalue weighted by molar-refractivity contribution is 4.95. The Morgan fingerprint density at radius 2 is 2.29 bits per heavy atom. The van der Waals surface area contributed by atoms with Crippen molar-refractivity contribution in [2.24, 2.45) is 11.1 Å². The average molecular weight is 198 g/mol. The summed E-state index contributed by atoms with van der Waals surface area (Å²) in [6.45, 7) is 4.21. The van der Waals surface area contributed by atoms with Crippen LogP contribution in [0.2, 0.25) is 0 Å². The van der Waals surface area contributed by atoms with Gasteiger partial charge in [-0.05, 0) is 19.3 Å². The molecule has 2 N–H and O–H groups in total. The van der Waals surface area contributed by atoms with Gasteiger partial charge in [0.25, 0.3) is 0 Å². The summed E-state index contributed by atoms with van der Waals surface area (Å²) in [5, 5.41) is 0. The molecule has 0 spiro atoms. The zero-order valence-electron chi connectivity index (χ0n) is 9.17. The standard InChI is InChI=1S/C11H22N2O/c1-14-9-11(4-2-5-11)8-13-6-3-10(13)7-12/h10H,2-9,12H2,1H3. The largest absolute Gasteiger partial charge is 0.384 e. The van der Waals surface area contributed by atoms with Crippen LogP contribution in [0.25, 0.3) is 0 Å². The van der Waals surface area contributed by atoms with Crippen molar-refractivity contribution in [3.8, 4) is 0 Å². The van der Waals surface area contributed by atoms with Gasteiger partial charge in [0.1, 0.15) is 0 Å². The summed E-state index contributed by atoms with van der Waals surface area (Å²) in [4.78, 5) is 2.54. The number of hydrogen-bond donors (Lipinski definition) is 1. The molecule has 1 atom stereocenters. The van der Waals surface area contributed by atoms with Gasteiger partial charge in [-0.2, -0.15) is 0 Å². The molecular formula is C11H22N2O. The fraction of sp³-hybridized carbons (Fsp3) is 1.00. The third-order valence-electron chi connectivity index (χ3n) is 3.94. The monoisotopic (exact) mass is 198 g/mol. The van der Waals surface area contributed by atoms with Crippen LogP contribution < -0.4 is 5.73 Å². The second kappa shape index (κ2) is 4.17. The van der Waals surface area contributed by atoms with Crippen molar-refractivity contribution in [1.29, 1.82) is 0 Å². The molecule has 1 aliphatic heterocycles. The number of methoxy groups -OCH3 is 1. The van der Waals surface area contributed by atoms with E-state index in [-0.39, 0.29) is 0 Å². The van der Waals surface area contributed by atoms with Gasteiger partial charge in [-0.25, -0.2) is 0 Å². The average Bonchev–Trinajstić information content (AvgIpc) is 2.08. The Bertz CT molecular complexity index is 190. The lowest BCUT2D eigenvalue weighted by Crippen LogP contribution is -2.57. The van der Waals surface area contributed by atoms with Crippen LogP contribution in [-0.4, -0.2) is 44.3 Å². The molecule has 2 aliphatic rings. The highest BCUT2D eigenvalue weighted by Crippen LogP contribution is 2.43. The van der Waals surface area contributed by atoms with E-state index < -0.39 is 0 Å². The van der Waals surface area contributed by atoms with Crippen LogP contribution >= 0.6 is 0 Å². The minimum absolute atomic E-state index is 0.475. The topological polar surface area (TPSA) is 38.5 Å². The molecule has 3 nitrogen and oxygen atoms in total. The highest BCUT2D eigenvalue weighted by Gasteiger charge is 2.41. The molecule has 3 heteroatoms. The van der Waals surface area contributed by atoms with Gasteiger partial charge in [0.15, 0.2) is 0 Å². The summed E-state index contributed by atoms with van der Waals surface area (Å²) in [6, 6.07) is 0.657. The van der Waals surface area contributed by atoms with Crippen molar-refractivity contribution in [3.05, 3.63) is 0 Å². The summed E-state index contributed by atoms with van der Waals surface area (Å²) in [6.07, 6.45) is 5.35. The minimum Gasteiger partial charge on any atom is -0.384 e. The molecule has 0 bridgehead atoms.